The van der Waals surface area contributed by atoms with Crippen LogP contribution in [-0.4, -0.2) is 25.3 Å². The Morgan fingerprint density at radius 2 is 2.00 bits per heavy atom. The second kappa shape index (κ2) is 6.20. The highest BCUT2D eigenvalue weighted by molar-refractivity contribution is 5.01. The van der Waals surface area contributed by atoms with Crippen LogP contribution in [-0.2, 0) is 4.74 Å². The summed E-state index contributed by atoms with van der Waals surface area (Å²) >= 11 is 0. The third kappa shape index (κ3) is 4.25. The van der Waals surface area contributed by atoms with Gasteiger partial charge < -0.3 is 10.1 Å². The van der Waals surface area contributed by atoms with Crippen LogP contribution in [0.1, 0.15) is 40.5 Å². The summed E-state index contributed by atoms with van der Waals surface area (Å²) in [6, 6.07) is 0.352. The van der Waals surface area contributed by atoms with E-state index < -0.39 is 0 Å². The third-order valence-electron chi connectivity index (χ3n) is 2.81. The predicted octanol–water partition coefficient (Wildman–Crippen LogP) is 2.75. The van der Waals surface area contributed by atoms with E-state index >= 15 is 0 Å². The van der Waals surface area contributed by atoms with Crippen LogP contribution in [0.2, 0.25) is 0 Å². The molecule has 0 bridgehead atoms. The van der Waals surface area contributed by atoms with Crippen LogP contribution < -0.4 is 5.32 Å². The first-order chi connectivity index (χ1) is 6.47. The minimum atomic E-state index is -0.131. The van der Waals surface area contributed by atoms with E-state index in [0.29, 0.717) is 6.04 Å². The molecule has 84 valence electrons. The second-order valence-corrected chi connectivity index (χ2v) is 4.23. The summed E-state index contributed by atoms with van der Waals surface area (Å²) in [6.07, 6.45) is 2.03. The van der Waals surface area contributed by atoms with Crippen molar-refractivity contribution in [1.29, 1.82) is 0 Å². The Hall–Kier alpha value is -0.340. The molecule has 0 saturated heterocycles. The number of hydrogen-bond donors (Lipinski definition) is 1. The van der Waals surface area contributed by atoms with Crippen LogP contribution in [0.3, 0.4) is 0 Å². The average molecular weight is 199 g/mol. The van der Waals surface area contributed by atoms with Gasteiger partial charge in [0.25, 0.3) is 0 Å². The number of hydrogen-bond acceptors (Lipinski definition) is 2. The Kier molecular flexibility index (Phi) is 6.05. The molecule has 0 aromatic rings. The first kappa shape index (κ1) is 13.7. The van der Waals surface area contributed by atoms with Gasteiger partial charge in [0.15, 0.2) is 0 Å². The van der Waals surface area contributed by atoms with Crippen molar-refractivity contribution in [2.45, 2.75) is 52.2 Å². The van der Waals surface area contributed by atoms with Crippen molar-refractivity contribution in [2.75, 3.05) is 13.7 Å². The van der Waals surface area contributed by atoms with Crippen molar-refractivity contribution in [2.24, 2.45) is 0 Å². The van der Waals surface area contributed by atoms with Crippen molar-refractivity contribution < 1.29 is 4.74 Å². The summed E-state index contributed by atoms with van der Waals surface area (Å²) < 4.78 is 5.49. The minimum Gasteiger partial charge on any atom is -0.377 e. The van der Waals surface area contributed by atoms with E-state index in [-0.39, 0.29) is 5.60 Å². The zero-order valence-corrected chi connectivity index (χ0v) is 10.3. The fraction of sp³-hybridized carbons (Fsp3) is 0.833. The van der Waals surface area contributed by atoms with E-state index in [2.05, 4.69) is 39.6 Å². The summed E-state index contributed by atoms with van der Waals surface area (Å²) in [5.74, 6) is 0. The van der Waals surface area contributed by atoms with E-state index in [1.807, 2.05) is 0 Å². The summed E-state index contributed by atoms with van der Waals surface area (Å²) in [5, 5.41) is 3.45. The van der Waals surface area contributed by atoms with Crippen LogP contribution in [0.4, 0.5) is 0 Å². The van der Waals surface area contributed by atoms with Crippen molar-refractivity contribution in [3.63, 3.8) is 0 Å². The lowest BCUT2D eigenvalue weighted by atomic mass is 9.91. The molecule has 0 aliphatic carbocycles. The van der Waals surface area contributed by atoms with Gasteiger partial charge in [0.1, 0.15) is 0 Å². The molecule has 14 heavy (non-hydrogen) atoms. The molecular formula is C12H25NO. The van der Waals surface area contributed by atoms with Crippen LogP contribution in [0.25, 0.3) is 0 Å². The normalized spacial score (nSPS) is 14.1. The van der Waals surface area contributed by atoms with Crippen molar-refractivity contribution >= 4 is 0 Å². The molecule has 0 spiro atoms. The Bertz CT molecular complexity index is 175. The van der Waals surface area contributed by atoms with Crippen LogP contribution in [0.15, 0.2) is 12.2 Å². The van der Waals surface area contributed by atoms with E-state index in [9.17, 15) is 0 Å². The Labute approximate surface area is 88.7 Å². The maximum absolute atomic E-state index is 5.49. The average Bonchev–Trinajstić information content (AvgIpc) is 2.17. The Morgan fingerprint density at radius 3 is 2.36 bits per heavy atom. The first-order valence-electron chi connectivity index (χ1n) is 5.43. The lowest BCUT2D eigenvalue weighted by molar-refractivity contribution is -0.00970. The van der Waals surface area contributed by atoms with Gasteiger partial charge in [-0.3, -0.25) is 0 Å². The summed E-state index contributed by atoms with van der Waals surface area (Å²) in [5.41, 5.74) is 1.15. The zero-order chi connectivity index (χ0) is 11.2. The first-order valence-corrected chi connectivity index (χ1v) is 5.43. The summed E-state index contributed by atoms with van der Waals surface area (Å²) in [4.78, 5) is 0. The fourth-order valence-corrected chi connectivity index (χ4v) is 1.39. The smallest absolute Gasteiger partial charge is 0.0778 e. The standard InChI is InChI=1S/C12H25NO/c1-7-10(3)9-11(13-8-2)12(4,5)14-6/h11,13H,3,7-9H2,1-2,4-6H3. The van der Waals surface area contributed by atoms with E-state index in [1.54, 1.807) is 7.11 Å². The molecule has 0 radical (unpaired) electrons. The zero-order valence-electron chi connectivity index (χ0n) is 10.3. The molecule has 0 rings (SSSR count). The van der Waals surface area contributed by atoms with Gasteiger partial charge in [-0.25, -0.2) is 0 Å². The SMILES string of the molecule is C=C(CC)CC(NCC)C(C)(C)OC. The molecule has 2 nitrogen and oxygen atoms in total. The molecule has 0 amide bonds. The van der Waals surface area contributed by atoms with Crippen molar-refractivity contribution in [1.82, 2.24) is 5.32 Å². The van der Waals surface area contributed by atoms with Crippen molar-refractivity contribution in [3.8, 4) is 0 Å². The van der Waals surface area contributed by atoms with Gasteiger partial charge in [0, 0.05) is 13.2 Å². The fourth-order valence-electron chi connectivity index (χ4n) is 1.39. The van der Waals surface area contributed by atoms with Crippen molar-refractivity contribution in [3.05, 3.63) is 12.2 Å². The molecule has 0 saturated carbocycles. The highest BCUT2D eigenvalue weighted by atomic mass is 16.5. The summed E-state index contributed by atoms with van der Waals surface area (Å²) in [7, 11) is 1.76. The van der Waals surface area contributed by atoms with Gasteiger partial charge >= 0.3 is 0 Å². The van der Waals surface area contributed by atoms with E-state index in [1.165, 1.54) is 5.57 Å². The number of ether oxygens (including phenoxy) is 1. The molecule has 1 unspecified atom stereocenters. The monoisotopic (exact) mass is 199 g/mol. The van der Waals surface area contributed by atoms with Gasteiger partial charge in [-0.15, -0.1) is 0 Å². The molecule has 0 aliphatic heterocycles. The van der Waals surface area contributed by atoms with E-state index in [0.717, 1.165) is 19.4 Å². The molecule has 1 N–H and O–H groups in total. The highest BCUT2D eigenvalue weighted by Crippen LogP contribution is 2.20. The maximum Gasteiger partial charge on any atom is 0.0778 e. The molecule has 0 fully saturated rings. The van der Waals surface area contributed by atoms with Gasteiger partial charge in [-0.1, -0.05) is 26.0 Å². The molecular weight excluding hydrogens is 174 g/mol. The maximum atomic E-state index is 5.49. The molecule has 1 atom stereocenters. The molecule has 0 aliphatic rings. The third-order valence-corrected chi connectivity index (χ3v) is 2.81. The predicted molar refractivity (Wildman–Crippen MR) is 62.6 cm³/mol. The van der Waals surface area contributed by atoms with Gasteiger partial charge in [0.05, 0.1) is 5.60 Å². The molecule has 0 aromatic heterocycles. The van der Waals surface area contributed by atoms with E-state index in [4.69, 9.17) is 4.74 Å². The summed E-state index contributed by atoms with van der Waals surface area (Å²) in [6.45, 7) is 13.5. The van der Waals surface area contributed by atoms with Crippen LogP contribution in [0, 0.1) is 0 Å². The Morgan fingerprint density at radius 1 is 1.43 bits per heavy atom. The molecule has 0 heterocycles. The number of rotatable bonds is 7. The number of methoxy groups -OCH3 is 1. The largest absolute Gasteiger partial charge is 0.377 e. The lowest BCUT2D eigenvalue weighted by Crippen LogP contribution is -2.48. The van der Waals surface area contributed by atoms with Crippen LogP contribution in [0.5, 0.6) is 0 Å². The Balaban J connectivity index is 4.35. The lowest BCUT2D eigenvalue weighted by Gasteiger charge is -2.34. The van der Waals surface area contributed by atoms with Gasteiger partial charge in [0.2, 0.25) is 0 Å². The second-order valence-electron chi connectivity index (χ2n) is 4.23. The minimum absolute atomic E-state index is 0.131. The van der Waals surface area contributed by atoms with Crippen LogP contribution >= 0.6 is 0 Å². The van der Waals surface area contributed by atoms with Gasteiger partial charge in [-0.05, 0) is 33.2 Å². The number of likely N-dealkylation sites (N-methyl/N-ethyl adjacent to an activating group) is 1. The molecule has 2 heteroatoms. The topological polar surface area (TPSA) is 21.3 Å². The highest BCUT2D eigenvalue weighted by Gasteiger charge is 2.28. The molecule has 0 aromatic carbocycles. The van der Waals surface area contributed by atoms with Gasteiger partial charge in [-0.2, -0.15) is 0 Å². The quantitative estimate of drug-likeness (QED) is 0.637. The number of nitrogens with one attached hydrogen (secondary N) is 1.